The zero-order chi connectivity index (χ0) is 13.7. The zero-order valence-corrected chi connectivity index (χ0v) is 10.4. The molecule has 7 heteroatoms. The third kappa shape index (κ3) is 3.07. The first-order chi connectivity index (χ1) is 9.20. The number of anilines is 1. The number of hydrogen-bond acceptors (Lipinski definition) is 4. The van der Waals surface area contributed by atoms with Crippen molar-refractivity contribution in [3.8, 4) is 0 Å². The van der Waals surface area contributed by atoms with Crippen molar-refractivity contribution >= 4 is 11.7 Å². The minimum Gasteiger partial charge on any atom is -0.353 e. The number of pyridine rings is 1. The largest absolute Gasteiger partial charge is 0.353 e. The molecule has 0 radical (unpaired) electrons. The third-order valence-electron chi connectivity index (χ3n) is 2.67. The molecule has 0 saturated heterocycles. The van der Waals surface area contributed by atoms with Crippen LogP contribution >= 0.6 is 0 Å². The number of diazo groups is 1. The van der Waals surface area contributed by atoms with Crippen LogP contribution in [-0.4, -0.2) is 15.5 Å². The van der Waals surface area contributed by atoms with Crippen LogP contribution in [0.25, 0.3) is 5.08 Å². The second kappa shape index (κ2) is 5.64. The van der Waals surface area contributed by atoms with Crippen LogP contribution in [0.5, 0.6) is 0 Å². The number of amides is 1. The van der Waals surface area contributed by atoms with Gasteiger partial charge in [-0.25, -0.2) is 4.98 Å². The van der Waals surface area contributed by atoms with E-state index in [0.29, 0.717) is 17.9 Å². The first-order valence-corrected chi connectivity index (χ1v) is 5.65. The van der Waals surface area contributed by atoms with Crippen molar-refractivity contribution in [3.05, 3.63) is 53.0 Å². The van der Waals surface area contributed by atoms with Crippen molar-refractivity contribution in [1.29, 1.82) is 5.39 Å². The van der Waals surface area contributed by atoms with Crippen LogP contribution in [0.1, 0.15) is 16.1 Å². The van der Waals surface area contributed by atoms with Crippen LogP contribution in [0.3, 0.4) is 0 Å². The number of carbonyl (C=O) groups excluding carboxylic acids is 1. The van der Waals surface area contributed by atoms with Gasteiger partial charge >= 0.3 is 5.08 Å². The number of nitrogens with one attached hydrogen (secondary N) is 2. The van der Waals surface area contributed by atoms with Gasteiger partial charge < -0.3 is 9.88 Å². The number of nitrogens with zero attached hydrogens (tertiary/aromatic N) is 4. The molecule has 2 rings (SSSR count). The van der Waals surface area contributed by atoms with E-state index in [0.717, 1.165) is 5.69 Å². The van der Waals surface area contributed by atoms with Crippen LogP contribution in [0, 0.1) is 5.39 Å². The Morgan fingerprint density at radius 2 is 2.32 bits per heavy atom. The molecule has 0 aliphatic carbocycles. The van der Waals surface area contributed by atoms with E-state index in [9.17, 15) is 4.79 Å². The Balaban J connectivity index is 1.96. The van der Waals surface area contributed by atoms with Crippen molar-refractivity contribution in [1.82, 2.24) is 14.9 Å². The fourth-order valence-corrected chi connectivity index (χ4v) is 1.60. The molecule has 0 fully saturated rings. The highest BCUT2D eigenvalue weighted by Gasteiger charge is 2.08. The Morgan fingerprint density at radius 1 is 1.47 bits per heavy atom. The lowest BCUT2D eigenvalue weighted by Gasteiger charge is -2.06. The van der Waals surface area contributed by atoms with Crippen LogP contribution in [0.2, 0.25) is 0 Å². The smallest absolute Gasteiger partial charge is 0.309 e. The van der Waals surface area contributed by atoms with E-state index in [2.05, 4.69) is 20.8 Å². The third-order valence-corrected chi connectivity index (χ3v) is 2.67. The fourth-order valence-electron chi connectivity index (χ4n) is 1.60. The average Bonchev–Trinajstić information content (AvgIpc) is 2.83. The number of rotatable bonds is 4. The number of hydrogen-bond donors (Lipinski definition) is 2. The maximum atomic E-state index is 11.9. The maximum absolute atomic E-state index is 11.9. The molecule has 0 unspecified atom stereocenters. The Morgan fingerprint density at radius 3 is 2.89 bits per heavy atom. The van der Waals surface area contributed by atoms with Gasteiger partial charge in [-0.05, 0) is 24.3 Å². The lowest BCUT2D eigenvalue weighted by Crippen LogP contribution is -2.23. The SMILES string of the molecule is Cn1cccc1CNC(=O)c1ccc(N[N+]#N)nc1. The van der Waals surface area contributed by atoms with E-state index in [4.69, 9.17) is 5.39 Å². The highest BCUT2D eigenvalue weighted by Crippen LogP contribution is 2.05. The molecule has 0 aliphatic heterocycles. The average molecular weight is 257 g/mol. The Hall–Kier alpha value is -2.88. The molecule has 0 saturated carbocycles. The van der Waals surface area contributed by atoms with Gasteiger partial charge in [0.25, 0.3) is 11.3 Å². The summed E-state index contributed by atoms with van der Waals surface area (Å²) in [6.07, 6.45) is 3.33. The monoisotopic (exact) mass is 257 g/mol. The highest BCUT2D eigenvalue weighted by molar-refractivity contribution is 5.93. The molecule has 0 aromatic carbocycles. The van der Waals surface area contributed by atoms with Crippen LogP contribution in [0.15, 0.2) is 36.7 Å². The van der Waals surface area contributed by atoms with Crippen molar-refractivity contribution in [2.45, 2.75) is 6.54 Å². The van der Waals surface area contributed by atoms with Gasteiger partial charge in [0.15, 0.2) is 0 Å². The molecule has 0 aliphatic rings. The molecule has 2 heterocycles. The number of carbonyl (C=O) groups is 1. The molecule has 19 heavy (non-hydrogen) atoms. The predicted molar refractivity (Wildman–Crippen MR) is 69.5 cm³/mol. The molecule has 1 amide bonds. The molecule has 2 aromatic heterocycles. The summed E-state index contributed by atoms with van der Waals surface area (Å²) < 4.78 is 1.94. The summed E-state index contributed by atoms with van der Waals surface area (Å²) in [6, 6.07) is 7.01. The van der Waals surface area contributed by atoms with E-state index in [1.807, 2.05) is 29.9 Å². The second-order valence-corrected chi connectivity index (χ2v) is 3.94. The Bertz CT molecular complexity index is 610. The first-order valence-electron chi connectivity index (χ1n) is 5.65. The van der Waals surface area contributed by atoms with Gasteiger partial charge in [0.2, 0.25) is 5.82 Å². The van der Waals surface area contributed by atoms with Gasteiger partial charge in [0.05, 0.1) is 12.1 Å². The van der Waals surface area contributed by atoms with Gasteiger partial charge in [-0.15, -0.1) is 0 Å². The Labute approximate surface area is 109 Å². The summed E-state index contributed by atoms with van der Waals surface area (Å²) in [4.78, 5) is 15.8. The summed E-state index contributed by atoms with van der Waals surface area (Å²) in [6.45, 7) is 0.453. The first kappa shape index (κ1) is 12.6. The standard InChI is InChI=1S/C12H12N6O/c1-18-6-2-3-10(18)8-15-12(19)9-4-5-11(14-7-9)16-17-13/h2-7H,8H2,1H3,(H-,14,15,16,19)/p+1. The number of aromatic nitrogens is 2. The molecule has 96 valence electrons. The lowest BCUT2D eigenvalue weighted by atomic mass is 10.2. The summed E-state index contributed by atoms with van der Waals surface area (Å²) in [5.41, 5.74) is 3.72. The quantitative estimate of drug-likeness (QED) is 0.642. The van der Waals surface area contributed by atoms with E-state index >= 15 is 0 Å². The van der Waals surface area contributed by atoms with E-state index in [1.165, 1.54) is 6.20 Å². The second-order valence-electron chi connectivity index (χ2n) is 3.94. The molecule has 2 N–H and O–H groups in total. The topological polar surface area (TPSA) is 87.1 Å². The maximum Gasteiger partial charge on any atom is 0.309 e. The minimum absolute atomic E-state index is 0.207. The van der Waals surface area contributed by atoms with Crippen molar-refractivity contribution < 1.29 is 4.79 Å². The summed E-state index contributed by atoms with van der Waals surface area (Å²) in [7, 11) is 1.92. The van der Waals surface area contributed by atoms with Crippen molar-refractivity contribution in [2.24, 2.45) is 7.05 Å². The molecule has 0 spiro atoms. The van der Waals surface area contributed by atoms with E-state index < -0.39 is 0 Å². The molecule has 0 bridgehead atoms. The van der Waals surface area contributed by atoms with Crippen molar-refractivity contribution in [3.63, 3.8) is 0 Å². The molecular weight excluding hydrogens is 244 g/mol. The van der Waals surface area contributed by atoms with Crippen LogP contribution in [-0.2, 0) is 13.6 Å². The number of aryl methyl sites for hydroxylation is 1. The van der Waals surface area contributed by atoms with E-state index in [1.54, 1.807) is 12.1 Å². The Kier molecular flexibility index (Phi) is 3.73. The van der Waals surface area contributed by atoms with Crippen LogP contribution in [0.4, 0.5) is 5.82 Å². The summed E-state index contributed by atoms with van der Waals surface area (Å²) >= 11 is 0. The van der Waals surface area contributed by atoms with Gasteiger partial charge in [0, 0.05) is 30.6 Å². The molecule has 0 atom stereocenters. The highest BCUT2D eigenvalue weighted by atomic mass is 16.1. The normalized spacial score (nSPS) is 9.68. The van der Waals surface area contributed by atoms with Gasteiger partial charge in [-0.3, -0.25) is 4.79 Å². The molecule has 7 nitrogen and oxygen atoms in total. The fraction of sp³-hybridized carbons (Fsp3) is 0.167. The van der Waals surface area contributed by atoms with Gasteiger partial charge in [0.1, 0.15) is 0 Å². The van der Waals surface area contributed by atoms with E-state index in [-0.39, 0.29) is 5.91 Å². The molecular formula is C12H13N6O+. The lowest BCUT2D eigenvalue weighted by molar-refractivity contribution is 0.0950. The van der Waals surface area contributed by atoms with Crippen molar-refractivity contribution in [2.75, 3.05) is 5.43 Å². The van der Waals surface area contributed by atoms with Gasteiger partial charge in [-0.2, -0.15) is 0 Å². The zero-order valence-electron chi connectivity index (χ0n) is 10.4. The summed E-state index contributed by atoms with van der Waals surface area (Å²) in [5, 5.41) is 13.9. The summed E-state index contributed by atoms with van der Waals surface area (Å²) in [5.74, 6) is 0.155. The molecule has 2 aromatic rings. The minimum atomic E-state index is -0.207. The predicted octanol–water partition coefficient (Wildman–Crippen LogP) is 1.53. The van der Waals surface area contributed by atoms with Crippen LogP contribution < -0.4 is 10.7 Å². The van der Waals surface area contributed by atoms with Gasteiger partial charge in [-0.1, -0.05) is 0 Å².